The normalized spacial score (nSPS) is 13.3. The van der Waals surface area contributed by atoms with Crippen LogP contribution in [0.1, 0.15) is 24.2 Å². The fraction of sp³-hybridized carbons (Fsp3) is 0.333. The van der Waals surface area contributed by atoms with Crippen LogP contribution in [0.2, 0.25) is 0 Å². The molecular formula is C12H15FN2. The van der Waals surface area contributed by atoms with Crippen LogP contribution in [0.3, 0.4) is 0 Å². The number of halogens is 1. The SMILES string of the molecule is CNC(C)c1[nH]c2ccc(F)cc2c1C. The van der Waals surface area contributed by atoms with Crippen LogP contribution in [0.4, 0.5) is 4.39 Å². The summed E-state index contributed by atoms with van der Waals surface area (Å²) in [7, 11) is 1.91. The van der Waals surface area contributed by atoms with Crippen LogP contribution in [0.5, 0.6) is 0 Å². The molecule has 0 radical (unpaired) electrons. The van der Waals surface area contributed by atoms with Crippen molar-refractivity contribution in [3.8, 4) is 0 Å². The van der Waals surface area contributed by atoms with Crippen LogP contribution >= 0.6 is 0 Å². The third-order valence-corrected chi connectivity index (χ3v) is 2.92. The maximum atomic E-state index is 13.1. The third kappa shape index (κ3) is 1.63. The molecule has 2 N–H and O–H groups in total. The summed E-state index contributed by atoms with van der Waals surface area (Å²) in [4.78, 5) is 3.31. The van der Waals surface area contributed by atoms with Gasteiger partial charge in [0.25, 0.3) is 0 Å². The van der Waals surface area contributed by atoms with E-state index < -0.39 is 0 Å². The molecule has 0 aliphatic heterocycles. The van der Waals surface area contributed by atoms with Crippen molar-refractivity contribution < 1.29 is 4.39 Å². The molecule has 0 fully saturated rings. The van der Waals surface area contributed by atoms with Gasteiger partial charge in [0.2, 0.25) is 0 Å². The smallest absolute Gasteiger partial charge is 0.123 e. The van der Waals surface area contributed by atoms with E-state index in [2.05, 4.69) is 17.2 Å². The van der Waals surface area contributed by atoms with Crippen LogP contribution in [-0.4, -0.2) is 12.0 Å². The Morgan fingerprint density at radius 1 is 1.40 bits per heavy atom. The number of fused-ring (bicyclic) bond motifs is 1. The van der Waals surface area contributed by atoms with Gasteiger partial charge in [-0.2, -0.15) is 0 Å². The predicted octanol–water partition coefficient (Wildman–Crippen LogP) is 2.90. The Hall–Kier alpha value is -1.35. The Labute approximate surface area is 88.5 Å². The van der Waals surface area contributed by atoms with Crippen LogP contribution in [0.15, 0.2) is 18.2 Å². The van der Waals surface area contributed by atoms with E-state index in [9.17, 15) is 4.39 Å². The molecule has 1 atom stereocenters. The van der Waals surface area contributed by atoms with E-state index in [-0.39, 0.29) is 11.9 Å². The number of rotatable bonds is 2. The average Bonchev–Trinajstić information content (AvgIpc) is 2.55. The largest absolute Gasteiger partial charge is 0.357 e. The fourth-order valence-corrected chi connectivity index (χ4v) is 1.90. The minimum Gasteiger partial charge on any atom is -0.357 e. The molecule has 0 amide bonds. The van der Waals surface area contributed by atoms with Gasteiger partial charge in [-0.1, -0.05) is 0 Å². The molecular weight excluding hydrogens is 191 g/mol. The fourth-order valence-electron chi connectivity index (χ4n) is 1.90. The first kappa shape index (κ1) is 10.2. The number of aryl methyl sites for hydroxylation is 1. The van der Waals surface area contributed by atoms with Crippen molar-refractivity contribution in [2.75, 3.05) is 7.05 Å². The Kier molecular flexibility index (Phi) is 2.49. The Balaban J connectivity index is 2.64. The van der Waals surface area contributed by atoms with Gasteiger partial charge in [-0.3, -0.25) is 0 Å². The van der Waals surface area contributed by atoms with Crippen LogP contribution in [-0.2, 0) is 0 Å². The molecule has 80 valence electrons. The van der Waals surface area contributed by atoms with E-state index in [1.54, 1.807) is 12.1 Å². The van der Waals surface area contributed by atoms with E-state index in [0.29, 0.717) is 0 Å². The molecule has 2 aromatic rings. The predicted molar refractivity (Wildman–Crippen MR) is 60.5 cm³/mol. The highest BCUT2D eigenvalue weighted by atomic mass is 19.1. The Morgan fingerprint density at radius 2 is 2.13 bits per heavy atom. The van der Waals surface area contributed by atoms with Crippen molar-refractivity contribution in [2.24, 2.45) is 0 Å². The lowest BCUT2D eigenvalue weighted by Gasteiger charge is -2.08. The second kappa shape index (κ2) is 3.66. The number of nitrogens with one attached hydrogen (secondary N) is 2. The van der Waals surface area contributed by atoms with Gasteiger partial charge in [-0.25, -0.2) is 4.39 Å². The second-order valence-electron chi connectivity index (χ2n) is 3.86. The second-order valence-corrected chi connectivity index (χ2v) is 3.86. The topological polar surface area (TPSA) is 27.8 Å². The summed E-state index contributed by atoms with van der Waals surface area (Å²) in [5, 5.41) is 4.14. The molecule has 1 aromatic carbocycles. The first-order valence-corrected chi connectivity index (χ1v) is 5.08. The molecule has 0 aliphatic carbocycles. The molecule has 0 aliphatic rings. The third-order valence-electron chi connectivity index (χ3n) is 2.92. The maximum Gasteiger partial charge on any atom is 0.123 e. The van der Waals surface area contributed by atoms with E-state index in [1.165, 1.54) is 6.07 Å². The molecule has 2 rings (SSSR count). The lowest BCUT2D eigenvalue weighted by Crippen LogP contribution is -2.13. The molecule has 1 aromatic heterocycles. The highest BCUT2D eigenvalue weighted by Gasteiger charge is 2.12. The summed E-state index contributed by atoms with van der Waals surface area (Å²) in [5.74, 6) is -0.187. The van der Waals surface area contributed by atoms with E-state index in [0.717, 1.165) is 22.2 Å². The zero-order chi connectivity index (χ0) is 11.0. The van der Waals surface area contributed by atoms with Crippen molar-refractivity contribution in [1.82, 2.24) is 10.3 Å². The van der Waals surface area contributed by atoms with Gasteiger partial charge in [-0.15, -0.1) is 0 Å². The van der Waals surface area contributed by atoms with Crippen LogP contribution in [0, 0.1) is 12.7 Å². The average molecular weight is 206 g/mol. The Bertz CT molecular complexity index is 488. The first-order chi connectivity index (χ1) is 7.13. The zero-order valence-electron chi connectivity index (χ0n) is 9.19. The minimum absolute atomic E-state index is 0.187. The summed E-state index contributed by atoms with van der Waals surface area (Å²) in [6, 6.07) is 5.09. The molecule has 1 heterocycles. The summed E-state index contributed by atoms with van der Waals surface area (Å²) in [6.07, 6.45) is 0. The lowest BCUT2D eigenvalue weighted by atomic mass is 10.1. The Morgan fingerprint density at radius 3 is 2.80 bits per heavy atom. The van der Waals surface area contributed by atoms with Gasteiger partial charge in [-0.05, 0) is 44.7 Å². The van der Waals surface area contributed by atoms with Gasteiger partial charge in [0.15, 0.2) is 0 Å². The number of hydrogen-bond donors (Lipinski definition) is 2. The molecule has 0 bridgehead atoms. The summed E-state index contributed by atoms with van der Waals surface area (Å²) in [6.45, 7) is 4.09. The summed E-state index contributed by atoms with van der Waals surface area (Å²) < 4.78 is 13.1. The summed E-state index contributed by atoms with van der Waals surface area (Å²) >= 11 is 0. The van der Waals surface area contributed by atoms with Gasteiger partial charge in [0.1, 0.15) is 5.82 Å². The maximum absolute atomic E-state index is 13.1. The molecule has 2 nitrogen and oxygen atoms in total. The van der Waals surface area contributed by atoms with Gasteiger partial charge < -0.3 is 10.3 Å². The number of aromatic nitrogens is 1. The van der Waals surface area contributed by atoms with Gasteiger partial charge in [0, 0.05) is 22.6 Å². The molecule has 0 saturated carbocycles. The molecule has 1 unspecified atom stereocenters. The number of hydrogen-bond acceptors (Lipinski definition) is 1. The van der Waals surface area contributed by atoms with E-state index in [1.807, 2.05) is 14.0 Å². The van der Waals surface area contributed by atoms with Crippen molar-refractivity contribution in [3.05, 3.63) is 35.3 Å². The monoisotopic (exact) mass is 206 g/mol. The van der Waals surface area contributed by atoms with Crippen LogP contribution < -0.4 is 5.32 Å². The molecule has 3 heteroatoms. The van der Waals surface area contributed by atoms with Gasteiger partial charge in [0.05, 0.1) is 0 Å². The van der Waals surface area contributed by atoms with E-state index in [4.69, 9.17) is 0 Å². The van der Waals surface area contributed by atoms with Gasteiger partial charge >= 0.3 is 0 Å². The highest BCUT2D eigenvalue weighted by molar-refractivity contribution is 5.84. The van der Waals surface area contributed by atoms with Crippen molar-refractivity contribution in [2.45, 2.75) is 19.9 Å². The van der Waals surface area contributed by atoms with Crippen LogP contribution in [0.25, 0.3) is 10.9 Å². The van der Waals surface area contributed by atoms with Crippen molar-refractivity contribution >= 4 is 10.9 Å². The number of H-pyrrole nitrogens is 1. The lowest BCUT2D eigenvalue weighted by molar-refractivity contribution is 0.629. The minimum atomic E-state index is -0.187. The summed E-state index contributed by atoms with van der Waals surface area (Å²) in [5.41, 5.74) is 3.23. The first-order valence-electron chi connectivity index (χ1n) is 5.08. The molecule has 0 saturated heterocycles. The highest BCUT2D eigenvalue weighted by Crippen LogP contribution is 2.26. The quantitative estimate of drug-likeness (QED) is 0.777. The number of benzene rings is 1. The standard InChI is InChI=1S/C12H15FN2/c1-7-10-6-9(13)4-5-11(10)15-12(7)8(2)14-3/h4-6,8,14-15H,1-3H3. The molecule has 0 spiro atoms. The number of aromatic amines is 1. The zero-order valence-corrected chi connectivity index (χ0v) is 9.19. The van der Waals surface area contributed by atoms with Crippen molar-refractivity contribution in [3.63, 3.8) is 0 Å². The van der Waals surface area contributed by atoms with Crippen molar-refractivity contribution in [1.29, 1.82) is 0 Å². The van der Waals surface area contributed by atoms with E-state index >= 15 is 0 Å². The molecule has 15 heavy (non-hydrogen) atoms.